The zero-order valence-electron chi connectivity index (χ0n) is 4.40. The number of hydrogen-bond acceptors (Lipinski definition) is 1. The van der Waals surface area contributed by atoms with Crippen molar-refractivity contribution in [2.45, 2.75) is 13.2 Å². The van der Waals surface area contributed by atoms with Crippen molar-refractivity contribution in [1.29, 1.82) is 0 Å². The number of carbonyl (C=O) groups excluding carboxylic acids is 1. The summed E-state index contributed by atoms with van der Waals surface area (Å²) in [5.41, 5.74) is 0. The predicted octanol–water partition coefficient (Wildman–Crippen LogP) is -0.291. The Hall–Kier alpha value is -0.465. The molecule has 0 unspecified atom stereocenters. The first-order chi connectivity index (χ1) is 3.27. The van der Waals surface area contributed by atoms with Crippen molar-refractivity contribution in [1.82, 2.24) is 5.32 Å². The predicted molar refractivity (Wildman–Crippen MR) is 29.2 cm³/mol. The van der Waals surface area contributed by atoms with Gasteiger partial charge in [0.25, 0.3) is 0 Å². The van der Waals surface area contributed by atoms with Crippen molar-refractivity contribution < 1.29 is 4.79 Å². The molecule has 1 amide bonds. The summed E-state index contributed by atoms with van der Waals surface area (Å²) in [4.78, 5) is 10.0. The Kier molecular flexibility index (Phi) is 3.47. The summed E-state index contributed by atoms with van der Waals surface area (Å²) in [7, 11) is 5.06. The van der Waals surface area contributed by atoms with Crippen LogP contribution in [0.3, 0.4) is 0 Å². The molecule has 38 valence electrons. The van der Waals surface area contributed by atoms with E-state index >= 15 is 0 Å². The van der Waals surface area contributed by atoms with Crippen molar-refractivity contribution >= 4 is 13.8 Å². The number of rotatable bonds is 2. The highest BCUT2D eigenvalue weighted by Crippen LogP contribution is 1.64. The second kappa shape index (κ2) is 3.72. The maximum absolute atomic E-state index is 10.0. The van der Waals surface area contributed by atoms with E-state index in [0.29, 0.717) is 12.9 Å². The maximum atomic E-state index is 10.0. The van der Waals surface area contributed by atoms with Gasteiger partial charge >= 0.3 is 0 Å². The number of nitrogens with one attached hydrogen (secondary N) is 1. The molecule has 0 heterocycles. The molecule has 0 aromatic carbocycles. The Morgan fingerprint density at radius 3 is 2.57 bits per heavy atom. The Morgan fingerprint density at radius 2 is 2.43 bits per heavy atom. The number of carbonyl (C=O) groups is 1. The van der Waals surface area contributed by atoms with E-state index in [1.54, 1.807) is 0 Å². The summed E-state index contributed by atoms with van der Waals surface area (Å²) in [6, 6.07) is 0. The molecule has 0 aliphatic rings. The molecule has 0 saturated carbocycles. The molecule has 3 heteroatoms. The first-order valence-corrected chi connectivity index (χ1v) is 2.22. The highest BCUT2D eigenvalue weighted by atomic mass is 16.1. The first-order valence-electron chi connectivity index (χ1n) is 2.22. The molecular formula is C4H8BNO. The molecule has 2 nitrogen and oxygen atoms in total. The Balaban J connectivity index is 2.82. The van der Waals surface area contributed by atoms with E-state index in [2.05, 4.69) is 5.32 Å². The Bertz CT molecular complexity index is 64.7. The minimum absolute atomic E-state index is 0.0227. The summed E-state index contributed by atoms with van der Waals surface area (Å²) in [6.45, 7) is 2.05. The standard InChI is InChI=1S/C4H8BNO/c1-4(7)6-3-2-5/h2-3H2,1H3,(H,6,7). The second-order valence-electron chi connectivity index (χ2n) is 1.27. The van der Waals surface area contributed by atoms with Gasteiger partial charge in [-0.2, -0.15) is 0 Å². The molecule has 7 heavy (non-hydrogen) atoms. The molecule has 0 rings (SSSR count). The van der Waals surface area contributed by atoms with E-state index in [9.17, 15) is 4.79 Å². The van der Waals surface area contributed by atoms with Crippen molar-refractivity contribution in [3.05, 3.63) is 0 Å². The monoisotopic (exact) mass is 97.1 g/mol. The molecule has 0 aromatic heterocycles. The zero-order chi connectivity index (χ0) is 5.70. The van der Waals surface area contributed by atoms with Gasteiger partial charge in [-0.1, -0.05) is 6.32 Å². The van der Waals surface area contributed by atoms with Gasteiger partial charge in [-0.25, -0.2) is 0 Å². The van der Waals surface area contributed by atoms with E-state index in [1.165, 1.54) is 6.92 Å². The molecule has 1 N–H and O–H groups in total. The van der Waals surface area contributed by atoms with Gasteiger partial charge < -0.3 is 5.32 Å². The van der Waals surface area contributed by atoms with Crippen LogP contribution in [0.1, 0.15) is 6.92 Å². The van der Waals surface area contributed by atoms with E-state index in [1.807, 2.05) is 0 Å². The van der Waals surface area contributed by atoms with Crippen LogP contribution in [0.2, 0.25) is 6.32 Å². The Morgan fingerprint density at radius 1 is 1.86 bits per heavy atom. The van der Waals surface area contributed by atoms with Gasteiger partial charge in [0.2, 0.25) is 5.91 Å². The van der Waals surface area contributed by atoms with Crippen LogP contribution in [0, 0.1) is 0 Å². The van der Waals surface area contributed by atoms with Gasteiger partial charge in [0.1, 0.15) is 0 Å². The van der Waals surface area contributed by atoms with Crippen molar-refractivity contribution in [3.63, 3.8) is 0 Å². The van der Waals surface area contributed by atoms with Crippen LogP contribution in [0.15, 0.2) is 0 Å². The van der Waals surface area contributed by atoms with Gasteiger partial charge in [-0.15, -0.1) is 0 Å². The third-order valence-corrected chi connectivity index (χ3v) is 0.518. The van der Waals surface area contributed by atoms with Gasteiger partial charge in [0.15, 0.2) is 0 Å². The molecule has 0 saturated heterocycles. The molecule has 2 radical (unpaired) electrons. The van der Waals surface area contributed by atoms with E-state index in [4.69, 9.17) is 7.85 Å². The van der Waals surface area contributed by atoms with Crippen LogP contribution in [0.4, 0.5) is 0 Å². The van der Waals surface area contributed by atoms with Gasteiger partial charge in [0.05, 0.1) is 7.85 Å². The van der Waals surface area contributed by atoms with E-state index < -0.39 is 0 Å². The summed E-state index contributed by atoms with van der Waals surface area (Å²) in [5, 5.41) is 2.53. The van der Waals surface area contributed by atoms with Crippen LogP contribution < -0.4 is 5.32 Å². The summed E-state index contributed by atoms with van der Waals surface area (Å²) >= 11 is 0. The van der Waals surface area contributed by atoms with Crippen molar-refractivity contribution in [3.8, 4) is 0 Å². The maximum Gasteiger partial charge on any atom is 0.216 e. The molecule has 0 bridgehead atoms. The summed E-state index contributed by atoms with van der Waals surface area (Å²) < 4.78 is 0. The molecule has 0 spiro atoms. The zero-order valence-corrected chi connectivity index (χ0v) is 4.40. The second-order valence-corrected chi connectivity index (χ2v) is 1.27. The lowest BCUT2D eigenvalue weighted by atomic mass is 10.1. The van der Waals surface area contributed by atoms with Crippen LogP contribution >= 0.6 is 0 Å². The molecule has 0 aromatic rings. The van der Waals surface area contributed by atoms with Gasteiger partial charge in [-0.05, 0) is 0 Å². The third-order valence-electron chi connectivity index (χ3n) is 0.518. The Labute approximate surface area is 44.7 Å². The molecule has 0 fully saturated rings. The largest absolute Gasteiger partial charge is 0.357 e. The molecular weight excluding hydrogens is 88.9 g/mol. The van der Waals surface area contributed by atoms with Gasteiger partial charge in [0, 0.05) is 13.5 Å². The summed E-state index contributed by atoms with van der Waals surface area (Å²) in [6.07, 6.45) is 0.513. The van der Waals surface area contributed by atoms with E-state index in [0.717, 1.165) is 0 Å². The van der Waals surface area contributed by atoms with Crippen LogP contribution in [-0.4, -0.2) is 20.3 Å². The lowest BCUT2D eigenvalue weighted by molar-refractivity contribution is -0.118. The molecule has 0 aliphatic carbocycles. The fraction of sp³-hybridized carbons (Fsp3) is 0.750. The normalized spacial score (nSPS) is 8.14. The highest BCUT2D eigenvalue weighted by Gasteiger charge is 1.82. The number of amides is 1. The summed E-state index contributed by atoms with van der Waals surface area (Å²) in [5.74, 6) is -0.0227. The fourth-order valence-corrected chi connectivity index (χ4v) is 0.248. The SMILES string of the molecule is [B]CCNC(C)=O. The van der Waals surface area contributed by atoms with Crippen molar-refractivity contribution in [2.75, 3.05) is 6.54 Å². The smallest absolute Gasteiger partial charge is 0.216 e. The number of hydrogen-bond donors (Lipinski definition) is 1. The quantitative estimate of drug-likeness (QED) is 0.471. The topological polar surface area (TPSA) is 29.1 Å². The minimum Gasteiger partial charge on any atom is -0.357 e. The lowest BCUT2D eigenvalue weighted by Gasteiger charge is -1.93. The highest BCUT2D eigenvalue weighted by molar-refractivity contribution is 6.08. The molecule has 0 atom stereocenters. The average Bonchev–Trinajstić information content (AvgIpc) is 1.61. The van der Waals surface area contributed by atoms with Crippen LogP contribution in [0.25, 0.3) is 0 Å². The minimum atomic E-state index is -0.0227. The van der Waals surface area contributed by atoms with Crippen LogP contribution in [0.5, 0.6) is 0 Å². The average molecular weight is 96.9 g/mol. The third kappa shape index (κ3) is 5.53. The molecule has 0 aliphatic heterocycles. The van der Waals surface area contributed by atoms with Crippen molar-refractivity contribution in [2.24, 2.45) is 0 Å². The lowest BCUT2D eigenvalue weighted by Crippen LogP contribution is -2.20. The first kappa shape index (κ1) is 6.53. The van der Waals surface area contributed by atoms with Gasteiger partial charge in [-0.3, -0.25) is 4.79 Å². The van der Waals surface area contributed by atoms with Crippen LogP contribution in [-0.2, 0) is 4.79 Å². The fourth-order valence-electron chi connectivity index (χ4n) is 0.248. The van der Waals surface area contributed by atoms with E-state index in [-0.39, 0.29) is 5.91 Å².